The summed E-state index contributed by atoms with van der Waals surface area (Å²) in [6.07, 6.45) is 6.76. The zero-order valence-electron chi connectivity index (χ0n) is 25.9. The number of hydrogen-bond acceptors (Lipinski definition) is 9. The van der Waals surface area contributed by atoms with Gasteiger partial charge in [-0.05, 0) is 78.5 Å². The summed E-state index contributed by atoms with van der Waals surface area (Å²) in [5.41, 5.74) is 6.88. The molecule has 1 heterocycles. The predicted molar refractivity (Wildman–Crippen MR) is 156 cm³/mol. The summed E-state index contributed by atoms with van der Waals surface area (Å²) in [6.45, 7) is 11.6. The second-order valence-corrected chi connectivity index (χ2v) is 11.8. The largest absolute Gasteiger partial charge is 0.462 e. The molecule has 0 saturated heterocycles. The molecular weight excluding hydrogens is 512 g/mol. The summed E-state index contributed by atoms with van der Waals surface area (Å²) < 4.78 is 5.82. The van der Waals surface area contributed by atoms with Gasteiger partial charge in [-0.3, -0.25) is 9.59 Å². The Morgan fingerprint density at radius 1 is 1.23 bits per heavy atom. The number of cyclic esters (lactones) is 1. The molecule has 1 rings (SSSR count). The van der Waals surface area contributed by atoms with Gasteiger partial charge in [0, 0.05) is 37.3 Å². The van der Waals surface area contributed by atoms with E-state index in [0.717, 1.165) is 11.9 Å². The van der Waals surface area contributed by atoms with Crippen molar-refractivity contribution in [3.05, 3.63) is 23.8 Å². The van der Waals surface area contributed by atoms with E-state index in [4.69, 9.17) is 20.2 Å². The Morgan fingerprint density at radius 2 is 1.90 bits per heavy atom. The Bertz CT molecular complexity index is 834. The van der Waals surface area contributed by atoms with Crippen molar-refractivity contribution in [3.8, 4) is 0 Å². The first-order chi connectivity index (χ1) is 18.8. The van der Waals surface area contributed by atoms with Gasteiger partial charge in [0.15, 0.2) is 5.78 Å². The Morgan fingerprint density at radius 3 is 2.45 bits per heavy atom. The van der Waals surface area contributed by atoms with E-state index in [1.54, 1.807) is 19.1 Å². The Labute approximate surface area is 241 Å². The molecule has 3 unspecified atom stereocenters. The van der Waals surface area contributed by atoms with Crippen LogP contribution in [0.1, 0.15) is 80.1 Å². The molecule has 0 aliphatic carbocycles. The number of aliphatic hydroxyl groups is 1. The smallest absolute Gasteiger partial charge is 0.306 e. The van der Waals surface area contributed by atoms with Crippen LogP contribution in [0.15, 0.2) is 23.8 Å². The monoisotopic (exact) mass is 566 g/mol. The number of carbonyl (C=O) groups is 3. The zero-order chi connectivity index (χ0) is 30.4. The van der Waals surface area contributed by atoms with Gasteiger partial charge in [0.1, 0.15) is 12.4 Å². The van der Waals surface area contributed by atoms with Gasteiger partial charge in [0.25, 0.3) is 0 Å². The molecule has 9 atom stereocenters. The number of nitrogens with two attached hydrogens (primary N) is 1. The average molecular weight is 567 g/mol. The third-order valence-corrected chi connectivity index (χ3v) is 7.92. The summed E-state index contributed by atoms with van der Waals surface area (Å²) in [5.74, 6) is -1.30. The molecule has 0 bridgehead atoms. The van der Waals surface area contributed by atoms with Crippen LogP contribution in [0.4, 0.5) is 0 Å². The van der Waals surface area contributed by atoms with Gasteiger partial charge < -0.3 is 25.3 Å². The van der Waals surface area contributed by atoms with E-state index in [0.29, 0.717) is 32.2 Å². The molecule has 0 amide bonds. The van der Waals surface area contributed by atoms with Crippen molar-refractivity contribution in [2.24, 2.45) is 29.4 Å². The van der Waals surface area contributed by atoms with E-state index in [9.17, 15) is 19.5 Å². The number of nitrogens with zero attached hydrogens (tertiary/aromatic N) is 1. The lowest BCUT2D eigenvalue weighted by atomic mass is 9.81. The maximum absolute atomic E-state index is 13.0. The molecule has 9 heteroatoms. The second kappa shape index (κ2) is 18.5. The van der Waals surface area contributed by atoms with Gasteiger partial charge in [-0.25, -0.2) is 9.78 Å². The number of ketones is 1. The summed E-state index contributed by atoms with van der Waals surface area (Å²) >= 11 is 0. The number of ether oxygens (including phenoxy) is 1. The number of allylic oxidation sites excluding steroid dienone is 3. The maximum Gasteiger partial charge on any atom is 0.306 e. The molecule has 230 valence electrons. The van der Waals surface area contributed by atoms with Gasteiger partial charge in [0.2, 0.25) is 0 Å². The Balaban J connectivity index is 3.27. The first kappa shape index (κ1) is 36.1. The molecule has 0 radical (unpaired) electrons. The third-order valence-electron chi connectivity index (χ3n) is 7.92. The maximum atomic E-state index is 13.0. The van der Waals surface area contributed by atoms with Crippen LogP contribution in [0.5, 0.6) is 0 Å². The highest BCUT2D eigenvalue weighted by molar-refractivity contribution is 5.91. The zero-order valence-corrected chi connectivity index (χ0v) is 25.9. The highest BCUT2D eigenvalue weighted by atomic mass is 17.2. The van der Waals surface area contributed by atoms with E-state index in [-0.39, 0.29) is 66.5 Å². The number of aldehydes is 1. The fourth-order valence-corrected chi connectivity index (χ4v) is 5.38. The molecule has 0 saturated carbocycles. The topological polar surface area (TPSA) is 128 Å². The Kier molecular flexibility index (Phi) is 16.7. The average Bonchev–Trinajstić information content (AvgIpc) is 2.90. The lowest BCUT2D eigenvalue weighted by Crippen LogP contribution is -2.41. The first-order valence-corrected chi connectivity index (χ1v) is 14.7. The van der Waals surface area contributed by atoms with Gasteiger partial charge >= 0.3 is 5.97 Å². The summed E-state index contributed by atoms with van der Waals surface area (Å²) in [5, 5.41) is 10.2. The lowest BCUT2D eigenvalue weighted by molar-refractivity contribution is -0.366. The molecule has 3 N–H and O–H groups in total. The highest BCUT2D eigenvalue weighted by Gasteiger charge is 2.33. The molecule has 0 spiro atoms. The molecule has 0 aromatic carbocycles. The van der Waals surface area contributed by atoms with E-state index in [2.05, 4.69) is 0 Å². The van der Waals surface area contributed by atoms with E-state index in [1.807, 2.05) is 59.7 Å². The summed E-state index contributed by atoms with van der Waals surface area (Å²) in [7, 11) is 3.80. The minimum absolute atomic E-state index is 0.0371. The van der Waals surface area contributed by atoms with Crippen LogP contribution in [-0.4, -0.2) is 79.1 Å². The van der Waals surface area contributed by atoms with Crippen LogP contribution in [0.2, 0.25) is 0 Å². The first-order valence-electron chi connectivity index (χ1n) is 14.7. The quantitative estimate of drug-likeness (QED) is 0.165. The third kappa shape index (κ3) is 12.3. The van der Waals surface area contributed by atoms with E-state index >= 15 is 0 Å². The lowest BCUT2D eigenvalue weighted by Gasteiger charge is -2.33. The molecule has 9 nitrogen and oxygen atoms in total. The van der Waals surface area contributed by atoms with Crippen molar-refractivity contribution >= 4 is 18.0 Å². The summed E-state index contributed by atoms with van der Waals surface area (Å²) in [6, 6.07) is -0.126. The predicted octanol–water partition coefficient (Wildman–Crippen LogP) is 4.02. The van der Waals surface area contributed by atoms with Gasteiger partial charge in [-0.1, -0.05) is 38.5 Å². The normalized spacial score (nSPS) is 32.0. The van der Waals surface area contributed by atoms with Gasteiger partial charge in [0.05, 0.1) is 18.3 Å². The molecule has 0 fully saturated rings. The molecule has 0 aromatic heterocycles. The minimum Gasteiger partial charge on any atom is -0.462 e. The van der Waals surface area contributed by atoms with Crippen LogP contribution in [0.25, 0.3) is 0 Å². The van der Waals surface area contributed by atoms with Crippen molar-refractivity contribution < 1.29 is 34.0 Å². The van der Waals surface area contributed by atoms with Crippen LogP contribution in [-0.2, 0) is 28.9 Å². The van der Waals surface area contributed by atoms with E-state index < -0.39 is 12.2 Å². The number of rotatable bonds is 11. The molecule has 1 aliphatic heterocycles. The number of aliphatic hydroxyl groups excluding tert-OH is 1. The number of hydrogen-bond donors (Lipinski definition) is 2. The molecule has 1 aliphatic rings. The van der Waals surface area contributed by atoms with Crippen molar-refractivity contribution in [2.45, 2.75) is 111 Å². The fraction of sp³-hybridized carbons (Fsp3) is 0.774. The van der Waals surface area contributed by atoms with E-state index in [1.165, 1.54) is 0 Å². The molecule has 40 heavy (non-hydrogen) atoms. The molecule has 0 aromatic rings. The minimum atomic E-state index is -0.555. The van der Waals surface area contributed by atoms with Crippen LogP contribution in [0, 0.1) is 23.7 Å². The van der Waals surface area contributed by atoms with Gasteiger partial charge in [-0.2, -0.15) is 0 Å². The van der Waals surface area contributed by atoms with Crippen molar-refractivity contribution in [1.82, 2.24) is 4.90 Å². The number of likely N-dealkylation sites (N-methyl/N-ethyl adjacent to an activating group) is 1. The second-order valence-electron chi connectivity index (χ2n) is 11.8. The van der Waals surface area contributed by atoms with Gasteiger partial charge in [-0.15, -0.1) is 0 Å². The highest BCUT2D eigenvalue weighted by Crippen LogP contribution is 2.31. The Hall–Kier alpha value is -1.91. The molecular formula is C31H54N2O7. The standard InChI is InChI=1S/C31H54N2O7/c1-9-29-26(19-32)16-20(2)10-12-28(36)22(4)17-25(14-15-34)31(21(3)11-13-30(37)38-29)40-39-23(5)18-27(24(6)35)33(7)8/h10,12,15-16,21-27,29,31,35H,9,11,13-14,17-19,32H2,1-8H3/b12-10+,20-16+/t21-,22+,23?,24?,25-,26+,27?,29+,31+/m0/s1. The SMILES string of the molecule is CC[C@H]1OC(=O)CC[C@H](C)[C@@H](OOC(C)CC(C(C)O)N(C)C)[C@@H](CC=O)C[C@@H](C)C(=O)/C=C/C(C)=C/[C@@H]1CN. The van der Waals surface area contributed by atoms with Crippen molar-refractivity contribution in [2.75, 3.05) is 20.6 Å². The van der Waals surface area contributed by atoms with Crippen LogP contribution in [0.3, 0.4) is 0 Å². The summed E-state index contributed by atoms with van der Waals surface area (Å²) in [4.78, 5) is 51.4. The van der Waals surface area contributed by atoms with Crippen LogP contribution < -0.4 is 5.73 Å². The van der Waals surface area contributed by atoms with Crippen molar-refractivity contribution in [3.63, 3.8) is 0 Å². The fourth-order valence-electron chi connectivity index (χ4n) is 5.38. The van der Waals surface area contributed by atoms with Crippen LogP contribution >= 0.6 is 0 Å². The number of carbonyl (C=O) groups excluding carboxylic acids is 3. The number of esters is 1. The van der Waals surface area contributed by atoms with Crippen molar-refractivity contribution in [1.29, 1.82) is 0 Å².